The zero-order valence-corrected chi connectivity index (χ0v) is 20.2. The normalized spacial score (nSPS) is 21.3. The van der Waals surface area contributed by atoms with E-state index in [4.69, 9.17) is 4.74 Å². The number of nitrogens with zero attached hydrogens (tertiary/aromatic N) is 2. The third kappa shape index (κ3) is 7.20. The number of rotatable bonds is 6. The number of hydrogen-bond donors (Lipinski definition) is 3. The number of aromatic hydroxyl groups is 1. The van der Waals surface area contributed by atoms with Gasteiger partial charge in [-0.15, -0.1) is 24.0 Å². The molecule has 1 unspecified atom stereocenters. The van der Waals surface area contributed by atoms with Crippen molar-refractivity contribution < 1.29 is 9.84 Å². The summed E-state index contributed by atoms with van der Waals surface area (Å²) in [6, 6.07) is 6.69. The zero-order valence-electron chi connectivity index (χ0n) is 17.8. The lowest BCUT2D eigenvalue weighted by atomic mass is 9.92. The summed E-state index contributed by atoms with van der Waals surface area (Å²) in [5.74, 6) is 1.80. The highest BCUT2D eigenvalue weighted by molar-refractivity contribution is 14.0. The van der Waals surface area contributed by atoms with Gasteiger partial charge in [-0.25, -0.2) is 0 Å². The minimum atomic E-state index is 0. The first kappa shape index (κ1) is 24.1. The van der Waals surface area contributed by atoms with Crippen LogP contribution in [-0.4, -0.2) is 61.8 Å². The Hall–Kier alpha value is -1.22. The summed E-state index contributed by atoms with van der Waals surface area (Å²) in [6.07, 6.45) is 10.1. The summed E-state index contributed by atoms with van der Waals surface area (Å²) in [4.78, 5) is 7.09. The molecule has 2 aliphatic rings. The second-order valence-corrected chi connectivity index (χ2v) is 8.01. The third-order valence-corrected chi connectivity index (χ3v) is 6.09. The van der Waals surface area contributed by atoms with E-state index in [9.17, 15) is 5.11 Å². The Labute approximate surface area is 192 Å². The van der Waals surface area contributed by atoms with Crippen LogP contribution in [0.2, 0.25) is 0 Å². The van der Waals surface area contributed by atoms with Crippen molar-refractivity contribution in [2.45, 2.75) is 63.5 Å². The topological polar surface area (TPSA) is 69.1 Å². The minimum Gasteiger partial charge on any atom is -0.508 e. The van der Waals surface area contributed by atoms with Gasteiger partial charge in [-0.05, 0) is 50.3 Å². The molecule has 1 aliphatic heterocycles. The molecule has 7 heteroatoms. The largest absolute Gasteiger partial charge is 0.508 e. The number of piperidine rings is 1. The van der Waals surface area contributed by atoms with Crippen molar-refractivity contribution in [1.29, 1.82) is 0 Å². The molecule has 0 aromatic heterocycles. The van der Waals surface area contributed by atoms with Crippen LogP contribution in [0, 0.1) is 0 Å². The van der Waals surface area contributed by atoms with Gasteiger partial charge in [-0.1, -0.05) is 25.3 Å². The molecule has 0 spiro atoms. The molecule has 6 nitrogen and oxygen atoms in total. The van der Waals surface area contributed by atoms with E-state index >= 15 is 0 Å². The van der Waals surface area contributed by atoms with Crippen LogP contribution in [0.15, 0.2) is 23.2 Å². The lowest BCUT2D eigenvalue weighted by molar-refractivity contribution is 0.115. The average Bonchev–Trinajstić information content (AvgIpc) is 2.75. The van der Waals surface area contributed by atoms with Gasteiger partial charge >= 0.3 is 0 Å². The maximum Gasteiger partial charge on any atom is 0.191 e. The summed E-state index contributed by atoms with van der Waals surface area (Å²) >= 11 is 0. The summed E-state index contributed by atoms with van der Waals surface area (Å²) in [5, 5.41) is 17.1. The predicted octanol–water partition coefficient (Wildman–Crippen LogP) is 3.52. The van der Waals surface area contributed by atoms with Gasteiger partial charge < -0.3 is 20.5 Å². The Kier molecular flexibility index (Phi) is 10.3. The molecule has 0 amide bonds. The Morgan fingerprint density at radius 3 is 2.69 bits per heavy atom. The highest BCUT2D eigenvalue weighted by Crippen LogP contribution is 2.25. The summed E-state index contributed by atoms with van der Waals surface area (Å²) < 4.78 is 5.14. The van der Waals surface area contributed by atoms with Gasteiger partial charge in [0.15, 0.2) is 5.96 Å². The molecule has 0 radical (unpaired) electrons. The first-order valence-electron chi connectivity index (χ1n) is 10.8. The van der Waals surface area contributed by atoms with Crippen molar-refractivity contribution in [2.24, 2.45) is 4.99 Å². The molecule has 1 atom stereocenters. The fraction of sp³-hybridized carbons (Fsp3) is 0.682. The SMILES string of the molecule is CN=C(NCCc1ccc(OC)cc1O)NC1CCCN(C2CCCCC2)C1.I. The molecule has 1 saturated heterocycles. The number of benzene rings is 1. The monoisotopic (exact) mass is 516 g/mol. The maximum absolute atomic E-state index is 10.1. The number of hydrogen-bond acceptors (Lipinski definition) is 4. The molecule has 3 N–H and O–H groups in total. The van der Waals surface area contributed by atoms with E-state index in [0.717, 1.165) is 37.1 Å². The maximum atomic E-state index is 10.1. The third-order valence-electron chi connectivity index (χ3n) is 6.09. The molecule has 1 aromatic rings. The van der Waals surface area contributed by atoms with Gasteiger partial charge in [0, 0.05) is 38.3 Å². The van der Waals surface area contributed by atoms with E-state index in [1.54, 1.807) is 13.2 Å². The quantitative estimate of drug-likeness (QED) is 0.307. The first-order valence-corrected chi connectivity index (χ1v) is 10.8. The van der Waals surface area contributed by atoms with E-state index < -0.39 is 0 Å². The van der Waals surface area contributed by atoms with Crippen LogP contribution >= 0.6 is 24.0 Å². The predicted molar refractivity (Wildman–Crippen MR) is 130 cm³/mol. The second kappa shape index (κ2) is 12.5. The van der Waals surface area contributed by atoms with Crippen molar-refractivity contribution in [1.82, 2.24) is 15.5 Å². The van der Waals surface area contributed by atoms with Gasteiger partial charge in [0.25, 0.3) is 0 Å². The molecular weight excluding hydrogens is 479 g/mol. The standard InChI is InChI=1S/C22H36N4O2.HI/c1-23-22(24-13-12-17-10-11-20(28-2)15-21(17)27)25-18-7-6-14-26(16-18)19-8-4-3-5-9-19;/h10-11,15,18-19,27H,3-9,12-14,16H2,1-2H3,(H2,23,24,25);1H. The van der Waals surface area contributed by atoms with Crippen molar-refractivity contribution in [3.63, 3.8) is 0 Å². The van der Waals surface area contributed by atoms with Gasteiger partial charge in [0.1, 0.15) is 11.5 Å². The summed E-state index contributed by atoms with van der Waals surface area (Å²) in [5.41, 5.74) is 0.907. The number of aliphatic imine (C=N–C) groups is 1. The molecule has 1 saturated carbocycles. The fourth-order valence-electron chi connectivity index (χ4n) is 4.49. The van der Waals surface area contributed by atoms with Crippen LogP contribution in [0.25, 0.3) is 0 Å². The molecule has 2 fully saturated rings. The van der Waals surface area contributed by atoms with E-state index in [-0.39, 0.29) is 29.7 Å². The van der Waals surface area contributed by atoms with Crippen LogP contribution in [0.1, 0.15) is 50.5 Å². The Bertz CT molecular complexity index is 650. The van der Waals surface area contributed by atoms with Gasteiger partial charge in [0.05, 0.1) is 7.11 Å². The van der Waals surface area contributed by atoms with Crippen LogP contribution in [-0.2, 0) is 6.42 Å². The molecule has 1 aliphatic carbocycles. The van der Waals surface area contributed by atoms with Crippen molar-refractivity contribution in [3.05, 3.63) is 23.8 Å². The van der Waals surface area contributed by atoms with Gasteiger partial charge in [0.2, 0.25) is 0 Å². The molecular formula is C22H37IN4O2. The number of phenols is 1. The van der Waals surface area contributed by atoms with E-state index in [1.165, 1.54) is 51.5 Å². The number of ether oxygens (including phenoxy) is 1. The Morgan fingerprint density at radius 1 is 1.21 bits per heavy atom. The average molecular weight is 516 g/mol. The van der Waals surface area contributed by atoms with Crippen molar-refractivity contribution >= 4 is 29.9 Å². The van der Waals surface area contributed by atoms with E-state index in [0.29, 0.717) is 11.8 Å². The van der Waals surface area contributed by atoms with Crippen molar-refractivity contribution in [3.8, 4) is 11.5 Å². The fourth-order valence-corrected chi connectivity index (χ4v) is 4.49. The molecule has 29 heavy (non-hydrogen) atoms. The molecule has 0 bridgehead atoms. The minimum absolute atomic E-state index is 0. The number of nitrogens with one attached hydrogen (secondary N) is 2. The van der Waals surface area contributed by atoms with E-state index in [2.05, 4.69) is 20.5 Å². The summed E-state index contributed by atoms with van der Waals surface area (Å²) in [6.45, 7) is 3.08. The van der Waals surface area contributed by atoms with Gasteiger partial charge in [-0.3, -0.25) is 9.89 Å². The number of guanidine groups is 1. The number of phenolic OH excluding ortho intramolecular Hbond substituents is 1. The Morgan fingerprint density at radius 2 is 2.00 bits per heavy atom. The van der Waals surface area contributed by atoms with Crippen LogP contribution in [0.5, 0.6) is 11.5 Å². The van der Waals surface area contributed by atoms with Crippen molar-refractivity contribution in [2.75, 3.05) is 33.8 Å². The highest BCUT2D eigenvalue weighted by atomic mass is 127. The van der Waals surface area contributed by atoms with Crippen LogP contribution in [0.3, 0.4) is 0 Å². The second-order valence-electron chi connectivity index (χ2n) is 8.01. The van der Waals surface area contributed by atoms with E-state index in [1.807, 2.05) is 19.2 Å². The molecule has 1 heterocycles. The smallest absolute Gasteiger partial charge is 0.191 e. The zero-order chi connectivity index (χ0) is 19.8. The highest BCUT2D eigenvalue weighted by Gasteiger charge is 2.27. The lowest BCUT2D eigenvalue weighted by Gasteiger charge is -2.40. The first-order chi connectivity index (χ1) is 13.7. The molecule has 164 valence electrons. The Balaban J connectivity index is 0.00000300. The molecule has 3 rings (SSSR count). The number of halogens is 1. The van der Waals surface area contributed by atoms with Crippen LogP contribution in [0.4, 0.5) is 0 Å². The molecule has 1 aromatic carbocycles. The number of likely N-dealkylation sites (tertiary alicyclic amines) is 1. The number of methoxy groups -OCH3 is 1. The summed E-state index contributed by atoms with van der Waals surface area (Å²) in [7, 11) is 3.42. The lowest BCUT2D eigenvalue weighted by Crippen LogP contribution is -2.53. The van der Waals surface area contributed by atoms with Crippen LogP contribution < -0.4 is 15.4 Å². The van der Waals surface area contributed by atoms with Gasteiger partial charge in [-0.2, -0.15) is 0 Å².